The second-order valence-corrected chi connectivity index (χ2v) is 6.79. The molecule has 1 amide bonds. The molecule has 138 valence electrons. The number of carbonyl (C=O) groups is 1. The van der Waals surface area contributed by atoms with Crippen LogP contribution in [0.5, 0.6) is 0 Å². The van der Waals surface area contributed by atoms with Crippen molar-refractivity contribution in [2.75, 3.05) is 25.0 Å². The van der Waals surface area contributed by atoms with E-state index < -0.39 is 6.09 Å². The topological polar surface area (TPSA) is 61.8 Å². The highest BCUT2D eigenvalue weighted by Gasteiger charge is 2.18. The van der Waals surface area contributed by atoms with Gasteiger partial charge >= 0.3 is 6.09 Å². The van der Waals surface area contributed by atoms with Crippen molar-refractivity contribution in [3.05, 3.63) is 65.7 Å². The number of hydrogen-bond acceptors (Lipinski definition) is 4. The largest absolute Gasteiger partial charge is 0.444 e. The second-order valence-electron chi connectivity index (χ2n) is 6.79. The standard InChI is InChI=1S/C21H26N2O3/c24-15-17-9-11-23(12-10-17)14-19-7-4-8-20(13-19)22-21(25)26-16-18-5-2-1-3-6-18/h1-8,13,17,24H,9-12,14-16H2,(H,22,25). The molecule has 0 unspecified atom stereocenters. The third-order valence-electron chi connectivity index (χ3n) is 4.76. The Morgan fingerprint density at radius 2 is 1.81 bits per heavy atom. The van der Waals surface area contributed by atoms with Crippen molar-refractivity contribution in [1.82, 2.24) is 4.90 Å². The molecule has 0 saturated carbocycles. The van der Waals surface area contributed by atoms with Gasteiger partial charge in [-0.3, -0.25) is 10.2 Å². The van der Waals surface area contributed by atoms with E-state index in [1.54, 1.807) is 0 Å². The minimum Gasteiger partial charge on any atom is -0.444 e. The molecule has 0 aliphatic carbocycles. The molecule has 1 saturated heterocycles. The first-order chi connectivity index (χ1) is 12.7. The van der Waals surface area contributed by atoms with Crippen LogP contribution in [0.1, 0.15) is 24.0 Å². The molecule has 0 aromatic heterocycles. The lowest BCUT2D eigenvalue weighted by molar-refractivity contribution is 0.127. The van der Waals surface area contributed by atoms with E-state index in [0.29, 0.717) is 12.5 Å². The highest BCUT2D eigenvalue weighted by molar-refractivity contribution is 5.84. The number of likely N-dealkylation sites (tertiary alicyclic amines) is 1. The Kier molecular flexibility index (Phi) is 6.63. The summed E-state index contributed by atoms with van der Waals surface area (Å²) in [6, 6.07) is 17.5. The molecular weight excluding hydrogens is 328 g/mol. The van der Waals surface area contributed by atoms with E-state index in [-0.39, 0.29) is 6.61 Å². The fourth-order valence-corrected chi connectivity index (χ4v) is 3.21. The molecule has 1 heterocycles. The van der Waals surface area contributed by atoms with Gasteiger partial charge in [-0.15, -0.1) is 0 Å². The first kappa shape index (κ1) is 18.4. The molecule has 0 radical (unpaired) electrons. The van der Waals surface area contributed by atoms with Gasteiger partial charge < -0.3 is 9.84 Å². The van der Waals surface area contributed by atoms with Gasteiger partial charge in [-0.1, -0.05) is 42.5 Å². The number of piperidine rings is 1. The average molecular weight is 354 g/mol. The molecule has 0 spiro atoms. The number of hydrogen-bond donors (Lipinski definition) is 2. The van der Waals surface area contributed by atoms with Crippen LogP contribution in [0.4, 0.5) is 10.5 Å². The van der Waals surface area contributed by atoms with Gasteiger partial charge in [-0.05, 0) is 55.1 Å². The van der Waals surface area contributed by atoms with Crippen molar-refractivity contribution >= 4 is 11.8 Å². The summed E-state index contributed by atoms with van der Waals surface area (Å²) in [6.07, 6.45) is 1.63. The molecule has 1 aliphatic heterocycles. The maximum absolute atomic E-state index is 12.0. The number of nitrogens with one attached hydrogen (secondary N) is 1. The van der Waals surface area contributed by atoms with Crippen LogP contribution >= 0.6 is 0 Å². The van der Waals surface area contributed by atoms with Crippen molar-refractivity contribution < 1.29 is 14.6 Å². The lowest BCUT2D eigenvalue weighted by atomic mass is 9.97. The van der Waals surface area contributed by atoms with Crippen molar-refractivity contribution in [1.29, 1.82) is 0 Å². The van der Waals surface area contributed by atoms with Crippen molar-refractivity contribution in [2.24, 2.45) is 5.92 Å². The predicted octanol–water partition coefficient (Wildman–Crippen LogP) is 3.64. The summed E-state index contributed by atoms with van der Waals surface area (Å²) in [5.41, 5.74) is 2.86. The third kappa shape index (κ3) is 5.58. The van der Waals surface area contributed by atoms with Gasteiger partial charge in [0.15, 0.2) is 0 Å². The van der Waals surface area contributed by atoms with Crippen LogP contribution in [-0.2, 0) is 17.9 Å². The van der Waals surface area contributed by atoms with Gasteiger partial charge in [0.05, 0.1) is 0 Å². The number of carbonyl (C=O) groups excluding carboxylic acids is 1. The van der Waals surface area contributed by atoms with Gasteiger partial charge in [-0.25, -0.2) is 4.79 Å². The lowest BCUT2D eigenvalue weighted by Gasteiger charge is -2.31. The minimum atomic E-state index is -0.449. The zero-order valence-electron chi connectivity index (χ0n) is 14.9. The zero-order chi connectivity index (χ0) is 18.2. The number of anilines is 1. The molecular formula is C21H26N2O3. The molecule has 3 rings (SSSR count). The third-order valence-corrected chi connectivity index (χ3v) is 4.76. The molecule has 2 aromatic rings. The Bertz CT molecular complexity index is 697. The number of ether oxygens (including phenoxy) is 1. The lowest BCUT2D eigenvalue weighted by Crippen LogP contribution is -2.34. The van der Waals surface area contributed by atoms with Gasteiger partial charge in [0.1, 0.15) is 6.61 Å². The maximum atomic E-state index is 12.0. The first-order valence-electron chi connectivity index (χ1n) is 9.13. The second kappa shape index (κ2) is 9.36. The Morgan fingerprint density at radius 1 is 1.08 bits per heavy atom. The van der Waals surface area contributed by atoms with Crippen molar-refractivity contribution in [3.63, 3.8) is 0 Å². The molecule has 5 heteroatoms. The first-order valence-corrected chi connectivity index (χ1v) is 9.13. The van der Waals surface area contributed by atoms with E-state index in [2.05, 4.69) is 16.3 Å². The van der Waals surface area contributed by atoms with Crippen LogP contribution in [0.25, 0.3) is 0 Å². The Hall–Kier alpha value is -2.37. The van der Waals surface area contributed by atoms with Gasteiger partial charge in [0.2, 0.25) is 0 Å². The summed E-state index contributed by atoms with van der Waals surface area (Å²) in [5.74, 6) is 0.443. The molecule has 0 atom stereocenters. The Balaban J connectivity index is 1.48. The summed E-state index contributed by atoms with van der Waals surface area (Å²) < 4.78 is 5.26. The number of amides is 1. The highest BCUT2D eigenvalue weighted by atomic mass is 16.5. The number of rotatable bonds is 6. The molecule has 1 fully saturated rings. The van der Waals surface area contributed by atoms with E-state index in [9.17, 15) is 9.90 Å². The molecule has 26 heavy (non-hydrogen) atoms. The fraction of sp³-hybridized carbons (Fsp3) is 0.381. The summed E-state index contributed by atoms with van der Waals surface area (Å²) in [6.45, 7) is 3.40. The molecule has 2 N–H and O–H groups in total. The quantitative estimate of drug-likeness (QED) is 0.831. The zero-order valence-corrected chi connectivity index (χ0v) is 14.9. The van der Waals surface area contributed by atoms with Crippen LogP contribution < -0.4 is 5.32 Å². The summed E-state index contributed by atoms with van der Waals surface area (Å²) in [5, 5.41) is 12.0. The molecule has 0 bridgehead atoms. The molecule has 5 nitrogen and oxygen atoms in total. The fourth-order valence-electron chi connectivity index (χ4n) is 3.21. The smallest absolute Gasteiger partial charge is 0.411 e. The summed E-state index contributed by atoms with van der Waals surface area (Å²) >= 11 is 0. The number of benzene rings is 2. The highest BCUT2D eigenvalue weighted by Crippen LogP contribution is 2.20. The number of nitrogens with zero attached hydrogens (tertiary/aromatic N) is 1. The average Bonchev–Trinajstić information content (AvgIpc) is 2.68. The summed E-state index contributed by atoms with van der Waals surface area (Å²) in [4.78, 5) is 14.4. The SMILES string of the molecule is O=C(Nc1cccc(CN2CCC(CO)CC2)c1)OCc1ccccc1. The normalized spacial score (nSPS) is 15.6. The van der Waals surface area contributed by atoms with E-state index in [1.165, 1.54) is 0 Å². The van der Waals surface area contributed by atoms with Crippen LogP contribution in [0.3, 0.4) is 0 Å². The van der Waals surface area contributed by atoms with E-state index >= 15 is 0 Å². The Labute approximate surface area is 154 Å². The van der Waals surface area contributed by atoms with E-state index in [1.807, 2.05) is 48.5 Å². The number of aliphatic hydroxyl groups excluding tert-OH is 1. The van der Waals surface area contributed by atoms with Crippen LogP contribution in [0.15, 0.2) is 54.6 Å². The van der Waals surface area contributed by atoms with Gasteiger partial charge in [-0.2, -0.15) is 0 Å². The monoisotopic (exact) mass is 354 g/mol. The van der Waals surface area contributed by atoms with Crippen molar-refractivity contribution in [3.8, 4) is 0 Å². The Morgan fingerprint density at radius 3 is 2.54 bits per heavy atom. The van der Waals surface area contributed by atoms with Crippen LogP contribution in [0, 0.1) is 5.92 Å². The predicted molar refractivity (Wildman–Crippen MR) is 102 cm³/mol. The summed E-state index contributed by atoms with van der Waals surface area (Å²) in [7, 11) is 0. The number of aliphatic hydroxyl groups is 1. The molecule has 1 aliphatic rings. The van der Waals surface area contributed by atoms with E-state index in [4.69, 9.17) is 4.74 Å². The minimum absolute atomic E-state index is 0.256. The van der Waals surface area contributed by atoms with Crippen LogP contribution in [-0.4, -0.2) is 35.8 Å². The van der Waals surface area contributed by atoms with Gasteiger partial charge in [0.25, 0.3) is 0 Å². The van der Waals surface area contributed by atoms with E-state index in [0.717, 1.165) is 49.3 Å². The van der Waals surface area contributed by atoms with Crippen LogP contribution in [0.2, 0.25) is 0 Å². The molecule has 2 aromatic carbocycles. The van der Waals surface area contributed by atoms with Crippen molar-refractivity contribution in [2.45, 2.75) is 26.0 Å². The maximum Gasteiger partial charge on any atom is 0.411 e. The van der Waals surface area contributed by atoms with Gasteiger partial charge in [0, 0.05) is 18.8 Å².